The van der Waals surface area contributed by atoms with Crippen molar-refractivity contribution in [3.63, 3.8) is 0 Å². The maximum Gasteiger partial charge on any atom is 0.319 e. The van der Waals surface area contributed by atoms with Crippen molar-refractivity contribution >= 4 is 17.4 Å². The van der Waals surface area contributed by atoms with Crippen LogP contribution in [0.2, 0.25) is 0 Å². The molecule has 1 aromatic rings. The predicted molar refractivity (Wildman–Crippen MR) is 82.1 cm³/mol. The van der Waals surface area contributed by atoms with Gasteiger partial charge in [0.1, 0.15) is 0 Å². The Morgan fingerprint density at radius 1 is 1.30 bits per heavy atom. The third kappa shape index (κ3) is 3.43. The molecule has 1 aliphatic heterocycles. The van der Waals surface area contributed by atoms with Gasteiger partial charge in [-0.2, -0.15) is 0 Å². The standard InChI is InChI=1S/C15H19N3O5/c19-14(16-11-4-3-5-12(10-11)18(20)21)17-13-6-1-2-7-15(13)22-8-9-23-15/h3-5,10,13H,1-2,6-9H2,(H2,16,17,19). The molecule has 1 saturated heterocycles. The van der Waals surface area contributed by atoms with Gasteiger partial charge in [-0.1, -0.05) is 12.5 Å². The van der Waals surface area contributed by atoms with Crippen molar-refractivity contribution < 1.29 is 19.2 Å². The van der Waals surface area contributed by atoms with Gasteiger partial charge in [-0.05, 0) is 18.9 Å². The van der Waals surface area contributed by atoms with E-state index in [-0.39, 0.29) is 11.7 Å². The van der Waals surface area contributed by atoms with Crippen LogP contribution in [0.5, 0.6) is 0 Å². The predicted octanol–water partition coefficient (Wildman–Crippen LogP) is 2.40. The first-order valence-corrected chi connectivity index (χ1v) is 7.69. The molecule has 124 valence electrons. The normalized spacial score (nSPS) is 22.7. The van der Waals surface area contributed by atoms with Gasteiger partial charge in [0.2, 0.25) is 0 Å². The highest BCUT2D eigenvalue weighted by Gasteiger charge is 2.46. The van der Waals surface area contributed by atoms with Crippen LogP contribution in [0, 0.1) is 10.1 Å². The number of hydrogen-bond donors (Lipinski definition) is 2. The van der Waals surface area contributed by atoms with Gasteiger partial charge < -0.3 is 20.1 Å². The minimum absolute atomic E-state index is 0.0700. The van der Waals surface area contributed by atoms with Crippen molar-refractivity contribution in [2.75, 3.05) is 18.5 Å². The highest BCUT2D eigenvalue weighted by Crippen LogP contribution is 2.36. The summed E-state index contributed by atoms with van der Waals surface area (Å²) < 4.78 is 11.5. The number of benzene rings is 1. The van der Waals surface area contributed by atoms with E-state index < -0.39 is 16.7 Å². The molecule has 1 aliphatic carbocycles. The Hall–Kier alpha value is -2.19. The molecule has 1 spiro atoms. The molecule has 0 bridgehead atoms. The first kappa shape index (κ1) is 15.7. The van der Waals surface area contributed by atoms with E-state index in [1.54, 1.807) is 6.07 Å². The van der Waals surface area contributed by atoms with Gasteiger partial charge in [0.15, 0.2) is 5.79 Å². The summed E-state index contributed by atoms with van der Waals surface area (Å²) >= 11 is 0. The van der Waals surface area contributed by atoms with E-state index in [1.165, 1.54) is 18.2 Å². The minimum atomic E-state index is -0.724. The third-order valence-electron chi connectivity index (χ3n) is 4.20. The molecule has 1 saturated carbocycles. The van der Waals surface area contributed by atoms with Crippen LogP contribution < -0.4 is 10.6 Å². The molecule has 1 unspecified atom stereocenters. The molecule has 23 heavy (non-hydrogen) atoms. The Balaban J connectivity index is 1.64. The van der Waals surface area contributed by atoms with Crippen molar-refractivity contribution in [1.29, 1.82) is 0 Å². The van der Waals surface area contributed by atoms with Crippen LogP contribution in [0.25, 0.3) is 0 Å². The first-order chi connectivity index (χ1) is 11.1. The lowest BCUT2D eigenvalue weighted by Gasteiger charge is -2.39. The summed E-state index contributed by atoms with van der Waals surface area (Å²) in [4.78, 5) is 22.5. The number of rotatable bonds is 3. The zero-order chi connectivity index (χ0) is 16.3. The van der Waals surface area contributed by atoms with Crippen molar-refractivity contribution in [3.05, 3.63) is 34.4 Å². The number of ether oxygens (including phenoxy) is 2. The van der Waals surface area contributed by atoms with Crippen LogP contribution in [0.15, 0.2) is 24.3 Å². The maximum atomic E-state index is 12.2. The molecule has 2 aliphatic rings. The van der Waals surface area contributed by atoms with Crippen LogP contribution in [0.3, 0.4) is 0 Å². The van der Waals surface area contributed by atoms with Crippen LogP contribution in [0.4, 0.5) is 16.2 Å². The fraction of sp³-hybridized carbons (Fsp3) is 0.533. The summed E-state index contributed by atoms with van der Waals surface area (Å²) in [5.74, 6) is -0.724. The molecule has 0 aromatic heterocycles. The molecular weight excluding hydrogens is 302 g/mol. The van der Waals surface area contributed by atoms with E-state index in [1.807, 2.05) is 0 Å². The van der Waals surface area contributed by atoms with Crippen LogP contribution in [0.1, 0.15) is 25.7 Å². The second kappa shape index (κ2) is 6.51. The Labute approximate surface area is 133 Å². The average molecular weight is 321 g/mol. The summed E-state index contributed by atoms with van der Waals surface area (Å²) in [6, 6.07) is 5.18. The number of amides is 2. The molecule has 2 fully saturated rings. The lowest BCUT2D eigenvalue weighted by atomic mass is 9.89. The third-order valence-corrected chi connectivity index (χ3v) is 4.20. The summed E-state index contributed by atoms with van der Waals surface area (Å²) in [5.41, 5.74) is 0.300. The first-order valence-electron chi connectivity index (χ1n) is 7.69. The molecule has 2 amide bonds. The average Bonchev–Trinajstić information content (AvgIpc) is 2.99. The fourth-order valence-electron chi connectivity index (χ4n) is 3.13. The number of carbonyl (C=O) groups excluding carboxylic acids is 1. The van der Waals surface area contributed by atoms with E-state index in [9.17, 15) is 14.9 Å². The van der Waals surface area contributed by atoms with Gasteiger partial charge in [-0.3, -0.25) is 10.1 Å². The number of nitrogens with zero attached hydrogens (tertiary/aromatic N) is 1. The summed E-state index contributed by atoms with van der Waals surface area (Å²) in [6.45, 7) is 1.06. The number of urea groups is 1. The van der Waals surface area contributed by atoms with Crippen LogP contribution >= 0.6 is 0 Å². The van der Waals surface area contributed by atoms with E-state index in [0.29, 0.717) is 18.9 Å². The molecule has 2 N–H and O–H groups in total. The molecule has 1 heterocycles. The van der Waals surface area contributed by atoms with Crippen molar-refractivity contribution in [2.24, 2.45) is 0 Å². The van der Waals surface area contributed by atoms with Gasteiger partial charge in [0.05, 0.1) is 24.2 Å². The van der Waals surface area contributed by atoms with Crippen LogP contribution in [-0.2, 0) is 9.47 Å². The van der Waals surface area contributed by atoms with Crippen molar-refractivity contribution in [1.82, 2.24) is 5.32 Å². The van der Waals surface area contributed by atoms with Gasteiger partial charge in [-0.15, -0.1) is 0 Å². The lowest BCUT2D eigenvalue weighted by Crippen LogP contribution is -2.56. The Kier molecular flexibility index (Phi) is 4.44. The van der Waals surface area contributed by atoms with Crippen molar-refractivity contribution in [3.8, 4) is 0 Å². The maximum absolute atomic E-state index is 12.2. The Bertz CT molecular complexity index is 601. The lowest BCUT2D eigenvalue weighted by molar-refractivity contribution is -0.384. The molecule has 1 atom stereocenters. The Morgan fingerprint density at radius 2 is 2.09 bits per heavy atom. The molecule has 0 radical (unpaired) electrons. The fourth-order valence-corrected chi connectivity index (χ4v) is 3.13. The second-order valence-corrected chi connectivity index (χ2v) is 5.71. The summed E-state index contributed by atoms with van der Waals surface area (Å²) in [7, 11) is 0. The number of hydrogen-bond acceptors (Lipinski definition) is 5. The molecule has 8 heteroatoms. The number of carbonyl (C=O) groups is 1. The quantitative estimate of drug-likeness (QED) is 0.657. The summed E-state index contributed by atoms with van der Waals surface area (Å²) in [6.07, 6.45) is 3.54. The smallest absolute Gasteiger partial charge is 0.319 e. The van der Waals surface area contributed by atoms with Gasteiger partial charge in [0.25, 0.3) is 5.69 Å². The van der Waals surface area contributed by atoms with Crippen LogP contribution in [-0.4, -0.2) is 36.0 Å². The SMILES string of the molecule is O=C(Nc1cccc([N+](=O)[O-])c1)NC1CCCCC12OCCO2. The number of nitro benzene ring substituents is 1. The van der Waals surface area contributed by atoms with E-state index in [4.69, 9.17) is 9.47 Å². The number of nitrogens with one attached hydrogen (secondary N) is 2. The zero-order valence-electron chi connectivity index (χ0n) is 12.6. The molecule has 3 rings (SSSR count). The van der Waals surface area contributed by atoms with E-state index in [0.717, 1.165) is 25.7 Å². The van der Waals surface area contributed by atoms with Crippen molar-refractivity contribution in [2.45, 2.75) is 37.5 Å². The van der Waals surface area contributed by atoms with Gasteiger partial charge in [-0.25, -0.2) is 4.79 Å². The number of non-ortho nitro benzene ring substituents is 1. The topological polar surface area (TPSA) is 103 Å². The molecule has 1 aromatic carbocycles. The summed E-state index contributed by atoms with van der Waals surface area (Å²) in [5, 5.41) is 16.3. The Morgan fingerprint density at radius 3 is 2.83 bits per heavy atom. The largest absolute Gasteiger partial charge is 0.346 e. The monoisotopic (exact) mass is 321 g/mol. The van der Waals surface area contributed by atoms with Gasteiger partial charge >= 0.3 is 6.03 Å². The highest BCUT2D eigenvalue weighted by atomic mass is 16.7. The second-order valence-electron chi connectivity index (χ2n) is 5.71. The van der Waals surface area contributed by atoms with E-state index in [2.05, 4.69) is 10.6 Å². The number of nitro groups is 1. The highest BCUT2D eigenvalue weighted by molar-refractivity contribution is 5.89. The van der Waals surface area contributed by atoms with Gasteiger partial charge in [0, 0.05) is 24.2 Å². The molecular formula is C15H19N3O5. The molecule has 8 nitrogen and oxygen atoms in total. The minimum Gasteiger partial charge on any atom is -0.346 e. The van der Waals surface area contributed by atoms with E-state index >= 15 is 0 Å². The number of anilines is 1. The zero-order valence-corrected chi connectivity index (χ0v) is 12.6.